The summed E-state index contributed by atoms with van der Waals surface area (Å²) in [4.78, 5) is 23.0. The summed E-state index contributed by atoms with van der Waals surface area (Å²) in [6.07, 6.45) is 3.26. The van der Waals surface area contributed by atoms with Crippen LogP contribution in [0.2, 0.25) is 5.15 Å². The minimum Gasteiger partial charge on any atom is -0.473 e. The molecule has 2 aromatic heterocycles. The van der Waals surface area contributed by atoms with E-state index >= 15 is 0 Å². The summed E-state index contributed by atoms with van der Waals surface area (Å²) in [6, 6.07) is 9.64. The van der Waals surface area contributed by atoms with Crippen molar-refractivity contribution in [1.29, 1.82) is 0 Å². The molecule has 3 aromatic rings. The molecule has 0 aliphatic carbocycles. The molecule has 0 N–H and O–H groups in total. The Balaban J connectivity index is 1.48. The fraction of sp³-hybridized carbons (Fsp3) is 0.227. The number of aromatic nitrogens is 2. The van der Waals surface area contributed by atoms with Crippen molar-refractivity contribution in [2.75, 3.05) is 0 Å². The molecule has 29 heavy (non-hydrogen) atoms. The van der Waals surface area contributed by atoms with E-state index in [0.717, 1.165) is 22.3 Å². The molecule has 1 amide bonds. The predicted molar refractivity (Wildman–Crippen MR) is 107 cm³/mol. The van der Waals surface area contributed by atoms with Crippen LogP contribution in [0.5, 0.6) is 5.88 Å². The third kappa shape index (κ3) is 3.80. The molecular weight excluding hydrogens is 393 g/mol. The molecule has 7 heteroatoms. The highest BCUT2D eigenvalue weighted by Gasteiger charge is 2.33. The Morgan fingerprint density at radius 2 is 2.00 bits per heavy atom. The van der Waals surface area contributed by atoms with E-state index in [4.69, 9.17) is 16.3 Å². The van der Waals surface area contributed by atoms with E-state index < -0.39 is 0 Å². The first-order chi connectivity index (χ1) is 13.9. The molecule has 0 radical (unpaired) electrons. The average Bonchev–Trinajstić information content (AvgIpc) is 3.06. The molecule has 0 saturated carbocycles. The first kappa shape index (κ1) is 19.3. The molecule has 1 atom stereocenters. The second-order valence-corrected chi connectivity index (χ2v) is 7.40. The van der Waals surface area contributed by atoms with Crippen LogP contribution in [-0.2, 0) is 13.2 Å². The highest BCUT2D eigenvalue weighted by molar-refractivity contribution is 6.30. The van der Waals surface area contributed by atoms with Crippen molar-refractivity contribution in [3.63, 3.8) is 0 Å². The minimum absolute atomic E-state index is 0.0638. The second kappa shape index (κ2) is 7.79. The maximum absolute atomic E-state index is 13.0. The number of carbonyl (C=O) groups is 1. The van der Waals surface area contributed by atoms with Crippen LogP contribution in [-0.4, -0.2) is 20.8 Å². The Morgan fingerprint density at radius 3 is 2.69 bits per heavy atom. The average molecular weight is 412 g/mol. The van der Waals surface area contributed by atoms with Crippen molar-refractivity contribution in [1.82, 2.24) is 14.9 Å². The van der Waals surface area contributed by atoms with Crippen LogP contribution >= 0.6 is 11.6 Å². The molecule has 0 spiro atoms. The number of pyridine rings is 2. The van der Waals surface area contributed by atoms with Crippen LogP contribution in [0.15, 0.2) is 48.8 Å². The van der Waals surface area contributed by atoms with Crippen molar-refractivity contribution in [3.8, 4) is 5.88 Å². The first-order valence-corrected chi connectivity index (χ1v) is 9.60. The Hall–Kier alpha value is -2.99. The molecule has 5 nitrogen and oxygen atoms in total. The second-order valence-electron chi connectivity index (χ2n) is 7.04. The molecular formula is C22H19ClFN3O2. The summed E-state index contributed by atoms with van der Waals surface area (Å²) in [5.41, 5.74) is 3.98. The maximum Gasteiger partial charge on any atom is 0.255 e. The van der Waals surface area contributed by atoms with E-state index in [-0.39, 0.29) is 17.8 Å². The quantitative estimate of drug-likeness (QED) is 0.562. The Kier molecular flexibility index (Phi) is 5.20. The number of halogens is 2. The van der Waals surface area contributed by atoms with Crippen molar-refractivity contribution >= 4 is 17.5 Å². The number of rotatable bonds is 5. The number of hydrogen-bond acceptors (Lipinski definition) is 4. The van der Waals surface area contributed by atoms with Gasteiger partial charge in [-0.1, -0.05) is 23.7 Å². The fourth-order valence-corrected chi connectivity index (χ4v) is 3.62. The van der Waals surface area contributed by atoms with Gasteiger partial charge in [0.2, 0.25) is 5.88 Å². The van der Waals surface area contributed by atoms with E-state index in [1.54, 1.807) is 35.5 Å². The lowest BCUT2D eigenvalue weighted by Gasteiger charge is -2.25. The number of aryl methyl sites for hydroxylation is 1. The highest BCUT2D eigenvalue weighted by Crippen LogP contribution is 2.34. The highest BCUT2D eigenvalue weighted by atomic mass is 35.5. The minimum atomic E-state index is -0.280. The molecule has 1 aromatic carbocycles. The monoisotopic (exact) mass is 411 g/mol. The van der Waals surface area contributed by atoms with Gasteiger partial charge in [0, 0.05) is 29.1 Å². The lowest BCUT2D eigenvalue weighted by Crippen LogP contribution is -2.27. The van der Waals surface area contributed by atoms with Crippen LogP contribution in [0, 0.1) is 12.7 Å². The van der Waals surface area contributed by atoms with Gasteiger partial charge in [-0.3, -0.25) is 4.79 Å². The zero-order valence-corrected chi connectivity index (χ0v) is 16.8. The molecule has 3 heterocycles. The van der Waals surface area contributed by atoms with Crippen molar-refractivity contribution < 1.29 is 13.9 Å². The van der Waals surface area contributed by atoms with E-state index in [0.29, 0.717) is 29.7 Å². The lowest BCUT2D eigenvalue weighted by atomic mass is 10.1. The van der Waals surface area contributed by atoms with E-state index in [1.807, 2.05) is 19.9 Å². The van der Waals surface area contributed by atoms with Gasteiger partial charge in [0.15, 0.2) is 0 Å². The summed E-state index contributed by atoms with van der Waals surface area (Å²) in [6.45, 7) is 4.59. The molecule has 0 saturated heterocycles. The number of ether oxygens (including phenoxy) is 1. The van der Waals surface area contributed by atoms with Crippen LogP contribution < -0.4 is 4.74 Å². The molecule has 148 valence electrons. The van der Waals surface area contributed by atoms with Crippen LogP contribution in [0.25, 0.3) is 0 Å². The molecule has 1 unspecified atom stereocenters. The standard InChI is InChI=1S/C22H19ClFN3O2/c1-13-9-16(10-26-21(13)29-12-15-3-5-17(24)6-4-15)14(2)27-11-19-18(22(27)28)7-8-25-20(19)23/h3-10,14H,11-12H2,1-2H3. The van der Waals surface area contributed by atoms with E-state index in [1.165, 1.54) is 12.1 Å². The third-order valence-corrected chi connectivity index (χ3v) is 5.44. The normalized spacial score (nSPS) is 14.1. The van der Waals surface area contributed by atoms with Crippen LogP contribution in [0.4, 0.5) is 4.39 Å². The van der Waals surface area contributed by atoms with E-state index in [2.05, 4.69) is 9.97 Å². The number of benzene rings is 1. The van der Waals surface area contributed by atoms with E-state index in [9.17, 15) is 9.18 Å². The van der Waals surface area contributed by atoms with Crippen molar-refractivity contribution in [2.24, 2.45) is 0 Å². The number of amides is 1. The number of hydrogen-bond donors (Lipinski definition) is 0. The Morgan fingerprint density at radius 1 is 1.24 bits per heavy atom. The zero-order chi connectivity index (χ0) is 20.5. The molecule has 0 bridgehead atoms. The Bertz CT molecular complexity index is 1070. The number of nitrogens with zero attached hydrogens (tertiary/aromatic N) is 3. The lowest BCUT2D eigenvalue weighted by molar-refractivity contribution is 0.0715. The maximum atomic E-state index is 13.0. The van der Waals surface area contributed by atoms with Gasteiger partial charge in [-0.05, 0) is 49.2 Å². The SMILES string of the molecule is Cc1cc(C(C)N2Cc3c(ccnc3Cl)C2=O)cnc1OCc1ccc(F)cc1. The van der Waals surface area contributed by atoms with Gasteiger partial charge in [-0.2, -0.15) is 0 Å². The topological polar surface area (TPSA) is 55.3 Å². The van der Waals surface area contributed by atoms with Crippen molar-refractivity contribution in [3.05, 3.63) is 87.6 Å². The van der Waals surface area contributed by atoms with Crippen molar-refractivity contribution in [2.45, 2.75) is 33.0 Å². The van der Waals surface area contributed by atoms with Gasteiger partial charge >= 0.3 is 0 Å². The molecule has 1 aliphatic heterocycles. The van der Waals surface area contributed by atoms with Crippen LogP contribution in [0.3, 0.4) is 0 Å². The van der Waals surface area contributed by atoms with Gasteiger partial charge in [0.05, 0.1) is 12.6 Å². The summed E-state index contributed by atoms with van der Waals surface area (Å²) in [5.74, 6) is 0.164. The summed E-state index contributed by atoms with van der Waals surface area (Å²) < 4.78 is 18.8. The van der Waals surface area contributed by atoms with Gasteiger partial charge in [0.1, 0.15) is 17.6 Å². The Labute approximate surface area is 173 Å². The van der Waals surface area contributed by atoms with Gasteiger partial charge in [-0.15, -0.1) is 0 Å². The number of carbonyl (C=O) groups excluding carboxylic acids is 1. The van der Waals surface area contributed by atoms with Gasteiger partial charge in [-0.25, -0.2) is 14.4 Å². The number of fused-ring (bicyclic) bond motifs is 1. The summed E-state index contributed by atoms with van der Waals surface area (Å²) >= 11 is 6.15. The first-order valence-electron chi connectivity index (χ1n) is 9.22. The fourth-order valence-electron chi connectivity index (χ4n) is 3.40. The molecule has 4 rings (SSSR count). The van der Waals surface area contributed by atoms with Gasteiger partial charge < -0.3 is 9.64 Å². The predicted octanol–water partition coefficient (Wildman–Crippen LogP) is 4.87. The smallest absolute Gasteiger partial charge is 0.255 e. The molecule has 0 fully saturated rings. The summed E-state index contributed by atoms with van der Waals surface area (Å²) in [5, 5.41) is 0.365. The third-order valence-electron chi connectivity index (χ3n) is 5.11. The summed E-state index contributed by atoms with van der Waals surface area (Å²) in [7, 11) is 0. The van der Waals surface area contributed by atoms with Gasteiger partial charge in [0.25, 0.3) is 5.91 Å². The zero-order valence-electron chi connectivity index (χ0n) is 16.0. The van der Waals surface area contributed by atoms with Crippen LogP contribution in [0.1, 0.15) is 45.6 Å². The largest absolute Gasteiger partial charge is 0.473 e. The molecule has 1 aliphatic rings.